The highest BCUT2D eigenvalue weighted by molar-refractivity contribution is 7.98. The fraction of sp³-hybridized carbons (Fsp3) is 0.231. The number of hydrogen-bond donors (Lipinski definition) is 0. The lowest BCUT2D eigenvalue weighted by Crippen LogP contribution is -2.18. The molecule has 1 aromatic heterocycles. The molecule has 0 fully saturated rings. The third kappa shape index (κ3) is 1.83. The van der Waals surface area contributed by atoms with Gasteiger partial charge in [-0.25, -0.2) is 4.98 Å². The third-order valence-corrected chi connectivity index (χ3v) is 4.08. The number of nitrogens with zero attached hydrogens (tertiary/aromatic N) is 3. The minimum absolute atomic E-state index is 0.346. The molecule has 0 radical (unpaired) electrons. The normalized spacial score (nSPS) is 18.4. The summed E-state index contributed by atoms with van der Waals surface area (Å²) in [7, 11) is 0. The first-order valence-corrected chi connectivity index (χ1v) is 6.62. The monoisotopic (exact) mass is 241 g/mol. The Morgan fingerprint density at radius 1 is 1.35 bits per heavy atom. The van der Waals surface area contributed by atoms with E-state index < -0.39 is 0 Å². The zero-order chi connectivity index (χ0) is 11.7. The van der Waals surface area contributed by atoms with Gasteiger partial charge in [-0.2, -0.15) is 17.0 Å². The van der Waals surface area contributed by atoms with Crippen LogP contribution in [0.4, 0.5) is 0 Å². The van der Waals surface area contributed by atoms with Crippen molar-refractivity contribution in [1.82, 2.24) is 9.55 Å². The van der Waals surface area contributed by atoms with E-state index in [-0.39, 0.29) is 0 Å². The molecule has 3 nitrogen and oxygen atoms in total. The molecular weight excluding hydrogens is 230 g/mol. The van der Waals surface area contributed by atoms with Crippen molar-refractivity contribution in [3.8, 4) is 6.07 Å². The number of nitriles is 1. The largest absolute Gasteiger partial charge is 0.325 e. The molecule has 2 heterocycles. The molecule has 1 unspecified atom stereocenters. The molecule has 0 amide bonds. The Labute approximate surface area is 104 Å². The second kappa shape index (κ2) is 4.27. The van der Waals surface area contributed by atoms with Crippen LogP contribution in [0, 0.1) is 11.3 Å². The summed E-state index contributed by atoms with van der Waals surface area (Å²) in [6.07, 6.45) is 3.83. The maximum Gasteiger partial charge on any atom is 0.0991 e. The molecule has 0 saturated heterocycles. The van der Waals surface area contributed by atoms with Crippen molar-refractivity contribution >= 4 is 11.8 Å². The second-order valence-electron chi connectivity index (χ2n) is 4.06. The minimum Gasteiger partial charge on any atom is -0.325 e. The number of hydrogen-bond acceptors (Lipinski definition) is 3. The van der Waals surface area contributed by atoms with E-state index in [2.05, 4.69) is 15.6 Å². The summed E-state index contributed by atoms with van der Waals surface area (Å²) in [6.45, 7) is 0. The predicted molar refractivity (Wildman–Crippen MR) is 67.7 cm³/mol. The van der Waals surface area contributed by atoms with E-state index in [1.54, 1.807) is 0 Å². The van der Waals surface area contributed by atoms with Crippen LogP contribution in [-0.2, 0) is 5.75 Å². The average Bonchev–Trinajstić information content (AvgIpc) is 2.87. The molecular formula is C13H11N3S. The summed E-state index contributed by atoms with van der Waals surface area (Å²) in [5.41, 5.74) is 3.23. The first-order valence-electron chi connectivity index (χ1n) is 5.47. The van der Waals surface area contributed by atoms with E-state index in [0.717, 1.165) is 11.5 Å². The molecule has 1 aliphatic rings. The molecule has 0 saturated carbocycles. The number of fused-ring (bicyclic) bond motifs is 1. The summed E-state index contributed by atoms with van der Waals surface area (Å²) in [6, 6.07) is 10.3. The molecule has 17 heavy (non-hydrogen) atoms. The van der Waals surface area contributed by atoms with Crippen LogP contribution in [0.3, 0.4) is 0 Å². The minimum atomic E-state index is 0.346. The van der Waals surface area contributed by atoms with Crippen molar-refractivity contribution in [3.63, 3.8) is 0 Å². The van der Waals surface area contributed by atoms with Crippen LogP contribution < -0.4 is 0 Å². The van der Waals surface area contributed by atoms with Gasteiger partial charge in [0.2, 0.25) is 0 Å². The van der Waals surface area contributed by atoms with E-state index in [9.17, 15) is 0 Å². The van der Waals surface area contributed by atoms with Gasteiger partial charge in [0.25, 0.3) is 0 Å². The third-order valence-electron chi connectivity index (χ3n) is 3.03. The van der Waals surface area contributed by atoms with Crippen molar-refractivity contribution in [3.05, 3.63) is 53.6 Å². The van der Waals surface area contributed by atoms with E-state index in [0.29, 0.717) is 11.6 Å². The van der Waals surface area contributed by atoms with Crippen LogP contribution in [0.25, 0.3) is 0 Å². The summed E-state index contributed by atoms with van der Waals surface area (Å²) in [5, 5.41) is 8.79. The Morgan fingerprint density at radius 2 is 2.18 bits per heavy atom. The molecule has 1 atom stereocenters. The van der Waals surface area contributed by atoms with Crippen LogP contribution in [0.2, 0.25) is 0 Å². The highest BCUT2D eigenvalue weighted by Gasteiger charge is 2.20. The van der Waals surface area contributed by atoms with Crippen LogP contribution in [0.1, 0.15) is 22.9 Å². The lowest BCUT2D eigenvalue weighted by Gasteiger charge is -2.25. The van der Waals surface area contributed by atoms with Crippen molar-refractivity contribution in [2.24, 2.45) is 0 Å². The molecule has 3 rings (SSSR count). The van der Waals surface area contributed by atoms with Gasteiger partial charge < -0.3 is 4.57 Å². The van der Waals surface area contributed by atoms with Crippen LogP contribution in [0.5, 0.6) is 0 Å². The topological polar surface area (TPSA) is 41.6 Å². The second-order valence-corrected chi connectivity index (χ2v) is 5.09. The number of aromatic nitrogens is 2. The Balaban J connectivity index is 1.98. The number of imidazole rings is 1. The van der Waals surface area contributed by atoms with Crippen molar-refractivity contribution in [1.29, 1.82) is 5.26 Å². The van der Waals surface area contributed by atoms with Gasteiger partial charge in [0.1, 0.15) is 0 Å². The molecule has 0 bridgehead atoms. The Bertz CT molecular complexity index is 565. The zero-order valence-corrected chi connectivity index (χ0v) is 10.0. The van der Waals surface area contributed by atoms with Crippen LogP contribution >= 0.6 is 11.8 Å². The maximum atomic E-state index is 8.79. The lowest BCUT2D eigenvalue weighted by atomic mass is 10.1. The van der Waals surface area contributed by atoms with Gasteiger partial charge in [-0.15, -0.1) is 0 Å². The molecule has 1 aliphatic heterocycles. The fourth-order valence-electron chi connectivity index (χ4n) is 2.12. The number of thioether (sulfide) groups is 1. The molecule has 0 spiro atoms. The van der Waals surface area contributed by atoms with Crippen molar-refractivity contribution < 1.29 is 0 Å². The van der Waals surface area contributed by atoms with Crippen molar-refractivity contribution in [2.45, 2.75) is 11.8 Å². The van der Waals surface area contributed by atoms with Crippen LogP contribution in [0.15, 0.2) is 36.8 Å². The first kappa shape index (κ1) is 10.4. The Morgan fingerprint density at radius 3 is 2.94 bits per heavy atom. The molecule has 0 N–H and O–H groups in total. The summed E-state index contributed by atoms with van der Waals surface area (Å²) in [5.74, 6) is 2.10. The predicted octanol–water partition coefficient (Wildman–Crippen LogP) is 2.59. The molecule has 4 heteroatoms. The van der Waals surface area contributed by atoms with Gasteiger partial charge in [-0.1, -0.05) is 12.1 Å². The van der Waals surface area contributed by atoms with E-state index in [4.69, 9.17) is 5.26 Å². The molecule has 0 aliphatic carbocycles. The number of rotatable bonds is 1. The fourth-order valence-corrected chi connectivity index (χ4v) is 3.24. The Hall–Kier alpha value is -1.73. The van der Waals surface area contributed by atoms with E-state index >= 15 is 0 Å². The van der Waals surface area contributed by atoms with Gasteiger partial charge in [0.15, 0.2) is 0 Å². The SMILES string of the molecule is N#Cc1ccc(C2CSCc3cncn32)cc1. The quantitative estimate of drug-likeness (QED) is 0.770. The van der Waals surface area contributed by atoms with Crippen molar-refractivity contribution in [2.75, 3.05) is 5.75 Å². The summed E-state index contributed by atoms with van der Waals surface area (Å²) in [4.78, 5) is 4.21. The molecule has 1 aromatic carbocycles. The van der Waals surface area contributed by atoms with Gasteiger partial charge in [-0.05, 0) is 17.7 Å². The highest BCUT2D eigenvalue weighted by Crippen LogP contribution is 2.31. The lowest BCUT2D eigenvalue weighted by molar-refractivity contribution is 0.618. The summed E-state index contributed by atoms with van der Waals surface area (Å²) >= 11 is 1.93. The Kier molecular flexibility index (Phi) is 2.62. The van der Waals surface area contributed by atoms with Crippen LogP contribution in [-0.4, -0.2) is 15.3 Å². The van der Waals surface area contributed by atoms with Gasteiger partial charge >= 0.3 is 0 Å². The van der Waals surface area contributed by atoms with E-state index in [1.807, 2.05) is 48.6 Å². The standard InChI is InChI=1S/C13H11N3S/c14-5-10-1-3-11(4-2-10)13-8-17-7-12-6-15-9-16(12)13/h1-4,6,9,13H,7-8H2. The highest BCUT2D eigenvalue weighted by atomic mass is 32.2. The number of benzene rings is 1. The maximum absolute atomic E-state index is 8.79. The molecule has 84 valence electrons. The van der Waals surface area contributed by atoms with E-state index in [1.165, 1.54) is 11.3 Å². The molecule has 2 aromatic rings. The van der Waals surface area contributed by atoms with Gasteiger partial charge in [0.05, 0.1) is 24.0 Å². The first-order chi connectivity index (χ1) is 8.38. The smallest absolute Gasteiger partial charge is 0.0991 e. The zero-order valence-electron chi connectivity index (χ0n) is 9.21. The van der Waals surface area contributed by atoms with Gasteiger partial charge in [-0.3, -0.25) is 0 Å². The van der Waals surface area contributed by atoms with Gasteiger partial charge in [0, 0.05) is 23.4 Å². The average molecular weight is 241 g/mol. The summed E-state index contributed by atoms with van der Waals surface area (Å²) < 4.78 is 2.23.